The van der Waals surface area contributed by atoms with Crippen LogP contribution in [0.2, 0.25) is 0 Å². The third-order valence-electron chi connectivity index (χ3n) is 4.70. The Labute approximate surface area is 201 Å². The van der Waals surface area contributed by atoms with Crippen molar-refractivity contribution in [2.45, 2.75) is 12.1 Å². The Morgan fingerprint density at radius 3 is 2.56 bits per heavy atom. The van der Waals surface area contributed by atoms with E-state index >= 15 is 0 Å². The van der Waals surface area contributed by atoms with Crippen molar-refractivity contribution < 1.29 is 14.6 Å². The molecule has 0 aliphatic heterocycles. The van der Waals surface area contributed by atoms with Crippen LogP contribution in [0.4, 0.5) is 0 Å². The summed E-state index contributed by atoms with van der Waals surface area (Å²) in [6.45, 7) is 2.27. The molecule has 0 radical (unpaired) electrons. The van der Waals surface area contributed by atoms with Gasteiger partial charge in [-0.2, -0.15) is 5.10 Å². The van der Waals surface area contributed by atoms with Gasteiger partial charge in [-0.3, -0.25) is 9.36 Å². The molecule has 9 heteroatoms. The Balaban J connectivity index is 1.44. The van der Waals surface area contributed by atoms with E-state index < -0.39 is 0 Å². The van der Waals surface area contributed by atoms with E-state index in [1.165, 1.54) is 24.0 Å². The fourth-order valence-corrected chi connectivity index (χ4v) is 3.92. The number of para-hydroxylation sites is 1. The highest BCUT2D eigenvalue weighted by Crippen LogP contribution is 2.28. The number of amides is 1. The van der Waals surface area contributed by atoms with Gasteiger partial charge in [-0.15, -0.1) is 10.2 Å². The molecule has 1 heterocycles. The van der Waals surface area contributed by atoms with Crippen LogP contribution in [0.1, 0.15) is 12.5 Å². The number of ether oxygens (including phenoxy) is 1. The maximum Gasteiger partial charge on any atom is 0.250 e. The summed E-state index contributed by atoms with van der Waals surface area (Å²) >= 11 is 1.27. The Kier molecular flexibility index (Phi) is 7.56. The number of aromatic nitrogens is 3. The standard InChI is InChI=1S/C25H23N5O3S/c1-2-33-22-15-18(13-14-21(22)31)16-26-27-23(32)17-34-25-29-28-24(19-9-5-3-6-10-19)30(25)20-11-7-4-8-12-20/h3-16,31H,2,17H2,1H3,(H,27,32). The number of thioether (sulfide) groups is 1. The zero-order valence-electron chi connectivity index (χ0n) is 18.5. The van der Waals surface area contributed by atoms with Crippen molar-refractivity contribution in [1.82, 2.24) is 20.2 Å². The van der Waals surface area contributed by atoms with Crippen molar-refractivity contribution in [2.75, 3.05) is 12.4 Å². The lowest BCUT2D eigenvalue weighted by atomic mass is 10.2. The average Bonchev–Trinajstić information content (AvgIpc) is 3.30. The molecule has 0 spiro atoms. The topological polar surface area (TPSA) is 102 Å². The molecular weight excluding hydrogens is 450 g/mol. The fourth-order valence-electron chi connectivity index (χ4n) is 3.17. The molecule has 1 aromatic heterocycles. The third kappa shape index (κ3) is 5.62. The van der Waals surface area contributed by atoms with Gasteiger partial charge in [-0.25, -0.2) is 5.43 Å². The fraction of sp³-hybridized carbons (Fsp3) is 0.120. The maximum atomic E-state index is 12.4. The predicted molar refractivity (Wildman–Crippen MR) is 133 cm³/mol. The van der Waals surface area contributed by atoms with Crippen LogP contribution in [0.3, 0.4) is 0 Å². The molecule has 0 fully saturated rings. The third-order valence-corrected chi connectivity index (χ3v) is 5.63. The first-order valence-electron chi connectivity index (χ1n) is 10.6. The van der Waals surface area contributed by atoms with Crippen LogP contribution in [0.15, 0.2) is 89.1 Å². The molecule has 0 saturated heterocycles. The number of benzene rings is 3. The Morgan fingerprint density at radius 2 is 1.82 bits per heavy atom. The van der Waals surface area contributed by atoms with Crippen molar-refractivity contribution in [2.24, 2.45) is 5.10 Å². The first kappa shape index (κ1) is 23.1. The van der Waals surface area contributed by atoms with Crippen molar-refractivity contribution in [3.63, 3.8) is 0 Å². The van der Waals surface area contributed by atoms with Crippen molar-refractivity contribution >= 4 is 23.9 Å². The quantitative estimate of drug-likeness (QED) is 0.214. The molecular formula is C25H23N5O3S. The van der Waals surface area contributed by atoms with Gasteiger partial charge in [0.25, 0.3) is 5.91 Å². The molecule has 0 aliphatic carbocycles. The number of nitrogens with one attached hydrogen (secondary N) is 1. The van der Waals surface area contributed by atoms with Gasteiger partial charge >= 0.3 is 0 Å². The van der Waals surface area contributed by atoms with E-state index in [2.05, 4.69) is 20.7 Å². The minimum absolute atomic E-state index is 0.0526. The molecule has 0 saturated carbocycles. The van der Waals surface area contributed by atoms with E-state index in [1.807, 2.05) is 72.2 Å². The molecule has 0 unspecified atom stereocenters. The molecule has 0 aliphatic rings. The minimum atomic E-state index is -0.283. The van der Waals surface area contributed by atoms with Gasteiger partial charge in [-0.05, 0) is 42.8 Å². The smallest absolute Gasteiger partial charge is 0.250 e. The second kappa shape index (κ2) is 11.2. The summed E-state index contributed by atoms with van der Waals surface area (Å²) in [4.78, 5) is 12.4. The molecule has 4 rings (SSSR count). The second-order valence-electron chi connectivity index (χ2n) is 7.09. The molecule has 3 aromatic carbocycles. The number of hydrogen-bond acceptors (Lipinski definition) is 7. The van der Waals surface area contributed by atoms with Crippen molar-refractivity contribution in [3.05, 3.63) is 84.4 Å². The number of phenols is 1. The Bertz CT molecular complexity index is 1280. The number of phenolic OH excluding ortho intramolecular Hbond substituents is 1. The number of carbonyl (C=O) groups excluding carboxylic acids is 1. The predicted octanol–water partition coefficient (Wildman–Crippen LogP) is 4.28. The Hall–Kier alpha value is -4.11. The summed E-state index contributed by atoms with van der Waals surface area (Å²) in [6, 6.07) is 24.4. The lowest BCUT2D eigenvalue weighted by molar-refractivity contribution is -0.118. The van der Waals surface area contributed by atoms with Crippen molar-refractivity contribution in [3.8, 4) is 28.6 Å². The maximum absolute atomic E-state index is 12.4. The van der Waals surface area contributed by atoms with Gasteiger partial charge in [-0.1, -0.05) is 60.3 Å². The molecule has 0 bridgehead atoms. The summed E-state index contributed by atoms with van der Waals surface area (Å²) in [6.07, 6.45) is 1.49. The molecule has 4 aromatic rings. The van der Waals surface area contributed by atoms with E-state index in [0.29, 0.717) is 28.9 Å². The van der Waals surface area contributed by atoms with Crippen LogP contribution in [0.5, 0.6) is 11.5 Å². The molecule has 172 valence electrons. The summed E-state index contributed by atoms with van der Waals surface area (Å²) in [5, 5.41) is 23.1. The summed E-state index contributed by atoms with van der Waals surface area (Å²) in [5.41, 5.74) is 5.04. The first-order chi connectivity index (χ1) is 16.7. The monoisotopic (exact) mass is 473 g/mol. The highest BCUT2D eigenvalue weighted by molar-refractivity contribution is 7.99. The van der Waals surface area contributed by atoms with Crippen LogP contribution in [0, 0.1) is 0 Å². The number of rotatable bonds is 9. The van der Waals surface area contributed by atoms with E-state index in [0.717, 1.165) is 11.3 Å². The number of aromatic hydroxyl groups is 1. The molecule has 8 nitrogen and oxygen atoms in total. The normalized spacial score (nSPS) is 11.0. The summed E-state index contributed by atoms with van der Waals surface area (Å²) in [5.74, 6) is 0.940. The van der Waals surface area contributed by atoms with Crippen LogP contribution in [-0.4, -0.2) is 44.4 Å². The van der Waals surface area contributed by atoms with Crippen LogP contribution in [0.25, 0.3) is 17.1 Å². The van der Waals surface area contributed by atoms with Gasteiger partial charge in [0.05, 0.1) is 18.6 Å². The molecule has 34 heavy (non-hydrogen) atoms. The molecule has 0 atom stereocenters. The highest BCUT2D eigenvalue weighted by atomic mass is 32.2. The lowest BCUT2D eigenvalue weighted by Crippen LogP contribution is -2.20. The van der Waals surface area contributed by atoms with Crippen LogP contribution >= 0.6 is 11.8 Å². The van der Waals surface area contributed by atoms with Gasteiger partial charge in [0, 0.05) is 11.3 Å². The highest BCUT2D eigenvalue weighted by Gasteiger charge is 2.17. The van der Waals surface area contributed by atoms with Crippen molar-refractivity contribution in [1.29, 1.82) is 0 Å². The zero-order valence-corrected chi connectivity index (χ0v) is 19.3. The van der Waals surface area contributed by atoms with Crippen LogP contribution in [-0.2, 0) is 4.79 Å². The number of nitrogens with zero attached hydrogens (tertiary/aromatic N) is 4. The molecule has 2 N–H and O–H groups in total. The number of carbonyl (C=O) groups is 1. The van der Waals surface area contributed by atoms with Gasteiger partial charge in [0.15, 0.2) is 22.5 Å². The van der Waals surface area contributed by atoms with E-state index in [-0.39, 0.29) is 17.4 Å². The second-order valence-corrected chi connectivity index (χ2v) is 8.03. The van der Waals surface area contributed by atoms with E-state index in [9.17, 15) is 9.90 Å². The van der Waals surface area contributed by atoms with Gasteiger partial charge < -0.3 is 9.84 Å². The van der Waals surface area contributed by atoms with Gasteiger partial charge in [0.2, 0.25) is 0 Å². The number of hydrazone groups is 1. The van der Waals surface area contributed by atoms with Gasteiger partial charge in [0.1, 0.15) is 0 Å². The lowest BCUT2D eigenvalue weighted by Gasteiger charge is -2.10. The average molecular weight is 474 g/mol. The minimum Gasteiger partial charge on any atom is -0.504 e. The molecule has 1 amide bonds. The van der Waals surface area contributed by atoms with E-state index in [1.54, 1.807) is 12.1 Å². The first-order valence-corrected chi connectivity index (χ1v) is 11.6. The van der Waals surface area contributed by atoms with Crippen LogP contribution < -0.4 is 10.2 Å². The van der Waals surface area contributed by atoms with E-state index in [4.69, 9.17) is 4.74 Å². The SMILES string of the molecule is CCOc1cc(C=NNC(=O)CSc2nnc(-c3ccccc3)n2-c2ccccc2)ccc1O. The number of hydrogen-bond donors (Lipinski definition) is 2. The largest absolute Gasteiger partial charge is 0.504 e. The summed E-state index contributed by atoms with van der Waals surface area (Å²) < 4.78 is 7.29. The zero-order chi connectivity index (χ0) is 23.8. The Morgan fingerprint density at radius 1 is 1.09 bits per heavy atom. The summed E-state index contributed by atoms with van der Waals surface area (Å²) in [7, 11) is 0.